The summed E-state index contributed by atoms with van der Waals surface area (Å²) in [6.07, 6.45) is 2.00. The Morgan fingerprint density at radius 1 is 1.45 bits per heavy atom. The second kappa shape index (κ2) is 7.18. The van der Waals surface area contributed by atoms with Gasteiger partial charge in [0.1, 0.15) is 11.5 Å². The molecule has 0 saturated heterocycles. The van der Waals surface area contributed by atoms with Gasteiger partial charge in [0.15, 0.2) is 6.10 Å². The molecular weight excluding hydrogens is 262 g/mol. The molecule has 0 aliphatic rings. The molecule has 0 heterocycles. The van der Waals surface area contributed by atoms with Crippen molar-refractivity contribution in [3.8, 4) is 11.5 Å². The van der Waals surface area contributed by atoms with E-state index in [1.807, 2.05) is 0 Å². The van der Waals surface area contributed by atoms with Crippen LogP contribution in [0.4, 0.5) is 0 Å². The maximum Gasteiger partial charge on any atom is 0.328 e. The maximum atomic E-state index is 11.2. The van der Waals surface area contributed by atoms with Crippen LogP contribution in [-0.2, 0) is 9.59 Å². The highest BCUT2D eigenvalue weighted by molar-refractivity contribution is 5.86. The van der Waals surface area contributed by atoms with Crippen LogP contribution in [0.1, 0.15) is 18.9 Å². The molecule has 1 rings (SSSR count). The lowest BCUT2D eigenvalue weighted by molar-refractivity contribution is -0.131. The average Bonchev–Trinajstić information content (AvgIpc) is 2.42. The lowest BCUT2D eigenvalue weighted by Crippen LogP contribution is -2.33. The molecule has 20 heavy (non-hydrogen) atoms. The van der Waals surface area contributed by atoms with Crippen LogP contribution in [0.25, 0.3) is 6.08 Å². The zero-order valence-electron chi connectivity index (χ0n) is 11.3. The number of primary amides is 1. The fourth-order valence-corrected chi connectivity index (χ4v) is 1.54. The summed E-state index contributed by atoms with van der Waals surface area (Å²) in [5.41, 5.74) is 5.75. The summed E-state index contributed by atoms with van der Waals surface area (Å²) in [7, 11) is 1.50. The monoisotopic (exact) mass is 279 g/mol. The minimum atomic E-state index is -1.08. The van der Waals surface area contributed by atoms with Crippen LogP contribution < -0.4 is 15.2 Å². The number of carbonyl (C=O) groups is 2. The summed E-state index contributed by atoms with van der Waals surface area (Å²) in [4.78, 5) is 21.8. The molecule has 1 amide bonds. The Morgan fingerprint density at radius 2 is 2.15 bits per heavy atom. The van der Waals surface area contributed by atoms with Gasteiger partial charge in [-0.25, -0.2) is 4.79 Å². The smallest absolute Gasteiger partial charge is 0.328 e. The van der Waals surface area contributed by atoms with Crippen LogP contribution in [0, 0.1) is 0 Å². The van der Waals surface area contributed by atoms with Gasteiger partial charge in [-0.2, -0.15) is 0 Å². The van der Waals surface area contributed by atoms with Crippen LogP contribution in [0.2, 0.25) is 0 Å². The van der Waals surface area contributed by atoms with Gasteiger partial charge in [0.05, 0.1) is 7.11 Å². The number of carboxylic acids is 1. The number of hydrogen-bond donors (Lipinski definition) is 2. The molecule has 6 heteroatoms. The zero-order valence-corrected chi connectivity index (χ0v) is 11.3. The van der Waals surface area contributed by atoms with Crippen molar-refractivity contribution in [2.75, 3.05) is 7.11 Å². The molecule has 0 fully saturated rings. The van der Waals surface area contributed by atoms with Crippen molar-refractivity contribution in [3.63, 3.8) is 0 Å². The van der Waals surface area contributed by atoms with Crippen molar-refractivity contribution >= 4 is 18.0 Å². The number of carboxylic acid groups (broad SMARTS) is 1. The summed E-state index contributed by atoms with van der Waals surface area (Å²) in [6.45, 7) is 1.77. The van der Waals surface area contributed by atoms with Crippen molar-refractivity contribution in [1.29, 1.82) is 0 Å². The molecule has 1 aromatic carbocycles. The Morgan fingerprint density at radius 3 is 2.65 bits per heavy atom. The molecule has 108 valence electrons. The summed E-state index contributed by atoms with van der Waals surface area (Å²) in [5, 5.41) is 8.66. The topological polar surface area (TPSA) is 98.8 Å². The first kappa shape index (κ1) is 15.6. The third kappa shape index (κ3) is 4.31. The lowest BCUT2D eigenvalue weighted by Gasteiger charge is -2.16. The first-order valence-corrected chi connectivity index (χ1v) is 6.03. The van der Waals surface area contributed by atoms with E-state index in [1.165, 1.54) is 13.2 Å². The van der Waals surface area contributed by atoms with E-state index in [-0.39, 0.29) is 0 Å². The normalized spacial score (nSPS) is 12.1. The SMILES string of the molecule is CCC(Oc1cc(OC)ccc1C=CC(=O)O)C(N)=O. The Labute approximate surface area is 116 Å². The molecular formula is C14H17NO5. The van der Waals surface area contributed by atoms with Gasteiger partial charge in [-0.05, 0) is 24.6 Å². The minimum absolute atomic E-state index is 0.340. The van der Waals surface area contributed by atoms with E-state index < -0.39 is 18.0 Å². The molecule has 0 aliphatic carbocycles. The molecule has 1 aromatic rings. The first-order chi connectivity index (χ1) is 9.47. The van der Waals surface area contributed by atoms with Gasteiger partial charge in [0.2, 0.25) is 0 Å². The van der Waals surface area contributed by atoms with Crippen molar-refractivity contribution in [1.82, 2.24) is 0 Å². The summed E-state index contributed by atoms with van der Waals surface area (Å²) in [5.74, 6) is -0.781. The molecule has 0 aromatic heterocycles. The Bertz CT molecular complexity index is 524. The molecule has 0 aliphatic heterocycles. The largest absolute Gasteiger partial charge is 0.497 e. The number of aliphatic carboxylic acids is 1. The summed E-state index contributed by atoms with van der Waals surface area (Å²) < 4.78 is 10.6. The third-order valence-corrected chi connectivity index (χ3v) is 2.58. The van der Waals surface area contributed by atoms with Crippen LogP contribution in [0.3, 0.4) is 0 Å². The van der Waals surface area contributed by atoms with Gasteiger partial charge in [-0.1, -0.05) is 6.92 Å². The second-order valence-corrected chi connectivity index (χ2v) is 3.99. The fraction of sp³-hybridized carbons (Fsp3) is 0.286. The molecule has 0 bridgehead atoms. The Balaban J connectivity index is 3.11. The standard InChI is InChI=1S/C14H17NO5/c1-3-11(14(15)18)20-12-8-10(19-2)6-4-9(12)5-7-13(16)17/h4-8,11H,3H2,1-2H3,(H2,15,18)(H,16,17). The summed E-state index contributed by atoms with van der Waals surface area (Å²) in [6, 6.07) is 4.88. The van der Waals surface area contributed by atoms with E-state index in [4.69, 9.17) is 20.3 Å². The van der Waals surface area contributed by atoms with Crippen molar-refractivity contribution in [2.45, 2.75) is 19.4 Å². The number of methoxy groups -OCH3 is 1. The molecule has 0 spiro atoms. The quantitative estimate of drug-likeness (QED) is 0.736. The van der Waals surface area contributed by atoms with Gasteiger partial charge < -0.3 is 20.3 Å². The number of ether oxygens (including phenoxy) is 2. The molecule has 1 unspecified atom stereocenters. The number of carbonyl (C=O) groups excluding carboxylic acids is 1. The summed E-state index contributed by atoms with van der Waals surface area (Å²) >= 11 is 0. The highest BCUT2D eigenvalue weighted by Gasteiger charge is 2.16. The minimum Gasteiger partial charge on any atom is -0.497 e. The van der Waals surface area contributed by atoms with Crippen molar-refractivity contribution in [2.24, 2.45) is 5.73 Å². The zero-order chi connectivity index (χ0) is 15.1. The number of rotatable bonds is 7. The molecule has 0 saturated carbocycles. The van der Waals surface area contributed by atoms with Crippen LogP contribution in [-0.4, -0.2) is 30.2 Å². The van der Waals surface area contributed by atoms with Gasteiger partial charge in [0, 0.05) is 17.7 Å². The lowest BCUT2D eigenvalue weighted by atomic mass is 10.1. The van der Waals surface area contributed by atoms with Gasteiger partial charge in [0.25, 0.3) is 5.91 Å². The predicted octanol–water partition coefficient (Wildman–Crippen LogP) is 1.44. The molecule has 3 N–H and O–H groups in total. The average molecular weight is 279 g/mol. The number of nitrogens with two attached hydrogens (primary N) is 1. The highest BCUT2D eigenvalue weighted by Crippen LogP contribution is 2.27. The van der Waals surface area contributed by atoms with Crippen LogP contribution in [0.15, 0.2) is 24.3 Å². The molecule has 1 atom stereocenters. The number of hydrogen-bond acceptors (Lipinski definition) is 4. The van der Waals surface area contributed by atoms with Crippen molar-refractivity contribution < 1.29 is 24.2 Å². The number of benzene rings is 1. The van der Waals surface area contributed by atoms with Gasteiger partial charge >= 0.3 is 5.97 Å². The first-order valence-electron chi connectivity index (χ1n) is 6.03. The Kier molecular flexibility index (Phi) is 5.58. The van der Waals surface area contributed by atoms with E-state index in [0.717, 1.165) is 6.08 Å². The van der Waals surface area contributed by atoms with E-state index >= 15 is 0 Å². The van der Waals surface area contributed by atoms with E-state index in [9.17, 15) is 9.59 Å². The van der Waals surface area contributed by atoms with E-state index in [0.29, 0.717) is 23.5 Å². The second-order valence-electron chi connectivity index (χ2n) is 3.99. The predicted molar refractivity (Wildman–Crippen MR) is 73.6 cm³/mol. The fourth-order valence-electron chi connectivity index (χ4n) is 1.54. The van der Waals surface area contributed by atoms with Crippen molar-refractivity contribution in [3.05, 3.63) is 29.8 Å². The Hall–Kier alpha value is -2.50. The van der Waals surface area contributed by atoms with Gasteiger partial charge in [-0.15, -0.1) is 0 Å². The van der Waals surface area contributed by atoms with Gasteiger partial charge in [-0.3, -0.25) is 4.79 Å². The van der Waals surface area contributed by atoms with E-state index in [1.54, 1.807) is 25.1 Å². The van der Waals surface area contributed by atoms with Crippen LogP contribution >= 0.6 is 0 Å². The van der Waals surface area contributed by atoms with Crippen LogP contribution in [0.5, 0.6) is 11.5 Å². The third-order valence-electron chi connectivity index (χ3n) is 2.58. The molecule has 6 nitrogen and oxygen atoms in total. The number of amides is 1. The maximum absolute atomic E-state index is 11.2. The highest BCUT2D eigenvalue weighted by atomic mass is 16.5. The molecule has 0 radical (unpaired) electrons. The van der Waals surface area contributed by atoms with E-state index in [2.05, 4.69) is 0 Å².